The lowest BCUT2D eigenvalue weighted by Gasteiger charge is -2.26. The molecular weight excluding hydrogens is 485 g/mol. The summed E-state index contributed by atoms with van der Waals surface area (Å²) in [5.74, 6) is 0.399. The Bertz CT molecular complexity index is 1060. The van der Waals surface area contributed by atoms with Gasteiger partial charge in [0, 0.05) is 16.7 Å². The van der Waals surface area contributed by atoms with Crippen LogP contribution in [0.5, 0.6) is 0 Å². The minimum atomic E-state index is -0.109. The lowest BCUT2D eigenvalue weighted by Crippen LogP contribution is -2.36. The van der Waals surface area contributed by atoms with Gasteiger partial charge in [-0.25, -0.2) is 4.98 Å². The lowest BCUT2D eigenvalue weighted by atomic mass is 10.1. The van der Waals surface area contributed by atoms with Gasteiger partial charge >= 0.3 is 0 Å². The van der Waals surface area contributed by atoms with Gasteiger partial charge in [-0.3, -0.25) is 14.2 Å². The number of thioether (sulfide) groups is 1. The van der Waals surface area contributed by atoms with E-state index in [0.717, 1.165) is 35.2 Å². The SMILES string of the molecule is O=C(CSc1nc2ccc(I)cc2c(=O)n1-c1ccccc1)N1CCCCC1. The number of amides is 1. The fraction of sp³-hybridized carbons (Fsp3) is 0.286. The summed E-state index contributed by atoms with van der Waals surface area (Å²) in [5, 5.41) is 1.14. The summed E-state index contributed by atoms with van der Waals surface area (Å²) in [4.78, 5) is 32.5. The monoisotopic (exact) mass is 505 g/mol. The number of aromatic nitrogens is 2. The Balaban J connectivity index is 1.72. The number of rotatable bonds is 4. The van der Waals surface area contributed by atoms with Crippen molar-refractivity contribution >= 4 is 51.2 Å². The normalized spacial score (nSPS) is 14.4. The zero-order valence-corrected chi connectivity index (χ0v) is 18.3. The third kappa shape index (κ3) is 4.10. The first kappa shape index (κ1) is 19.4. The second-order valence-electron chi connectivity index (χ2n) is 6.76. The Morgan fingerprint density at radius 1 is 1.07 bits per heavy atom. The second-order valence-corrected chi connectivity index (χ2v) is 8.95. The number of halogens is 1. The molecule has 28 heavy (non-hydrogen) atoms. The molecule has 5 nitrogen and oxygen atoms in total. The molecule has 3 aromatic rings. The Labute approximate surface area is 181 Å². The molecule has 0 N–H and O–H groups in total. The number of hydrogen-bond acceptors (Lipinski definition) is 4. The molecule has 1 amide bonds. The van der Waals surface area contributed by atoms with E-state index in [-0.39, 0.29) is 17.2 Å². The maximum Gasteiger partial charge on any atom is 0.266 e. The molecule has 1 fully saturated rings. The van der Waals surface area contributed by atoms with E-state index in [9.17, 15) is 9.59 Å². The summed E-state index contributed by atoms with van der Waals surface area (Å²) >= 11 is 3.53. The molecule has 2 aromatic carbocycles. The molecule has 0 saturated carbocycles. The number of benzene rings is 2. The van der Waals surface area contributed by atoms with Gasteiger partial charge in [-0.15, -0.1) is 0 Å². The number of likely N-dealkylation sites (tertiary alicyclic amines) is 1. The number of piperidine rings is 1. The van der Waals surface area contributed by atoms with Gasteiger partial charge in [0.2, 0.25) is 5.91 Å². The molecule has 0 unspecified atom stereocenters. The van der Waals surface area contributed by atoms with E-state index >= 15 is 0 Å². The second kappa shape index (κ2) is 8.65. The molecule has 1 saturated heterocycles. The van der Waals surface area contributed by atoms with Crippen molar-refractivity contribution in [1.82, 2.24) is 14.5 Å². The van der Waals surface area contributed by atoms with E-state index in [2.05, 4.69) is 22.6 Å². The summed E-state index contributed by atoms with van der Waals surface area (Å²) in [6.45, 7) is 1.66. The van der Waals surface area contributed by atoms with Crippen molar-refractivity contribution in [1.29, 1.82) is 0 Å². The van der Waals surface area contributed by atoms with Crippen LogP contribution in [0, 0.1) is 3.57 Å². The van der Waals surface area contributed by atoms with Gasteiger partial charge in [0.05, 0.1) is 22.3 Å². The first-order valence-electron chi connectivity index (χ1n) is 9.32. The molecule has 1 aromatic heterocycles. The van der Waals surface area contributed by atoms with Crippen LogP contribution >= 0.6 is 34.4 Å². The van der Waals surface area contributed by atoms with Gasteiger partial charge in [0.15, 0.2) is 5.16 Å². The quantitative estimate of drug-likeness (QED) is 0.305. The van der Waals surface area contributed by atoms with Crippen molar-refractivity contribution in [2.24, 2.45) is 0 Å². The highest BCUT2D eigenvalue weighted by Crippen LogP contribution is 2.23. The highest BCUT2D eigenvalue weighted by atomic mass is 127. The first-order chi connectivity index (χ1) is 13.6. The number of para-hydroxylation sites is 1. The molecule has 0 spiro atoms. The predicted molar refractivity (Wildman–Crippen MR) is 121 cm³/mol. The van der Waals surface area contributed by atoms with Crippen LogP contribution in [0.2, 0.25) is 0 Å². The van der Waals surface area contributed by atoms with Crippen molar-refractivity contribution < 1.29 is 4.79 Å². The molecule has 0 radical (unpaired) electrons. The van der Waals surface area contributed by atoms with Crippen LogP contribution in [0.3, 0.4) is 0 Å². The molecule has 2 heterocycles. The molecule has 4 rings (SSSR count). The molecule has 1 aliphatic rings. The summed E-state index contributed by atoms with van der Waals surface area (Å²) < 4.78 is 2.61. The standard InChI is InChI=1S/C21H20IN3O2S/c22-15-9-10-18-17(13-15)20(27)25(16-7-3-1-4-8-16)21(23-18)28-14-19(26)24-11-5-2-6-12-24/h1,3-4,7-10,13H,2,5-6,11-12,14H2. The van der Waals surface area contributed by atoms with Crippen molar-refractivity contribution in [3.05, 3.63) is 62.5 Å². The maximum absolute atomic E-state index is 13.3. The van der Waals surface area contributed by atoms with E-state index in [1.165, 1.54) is 18.2 Å². The number of carbonyl (C=O) groups excluding carboxylic acids is 1. The van der Waals surface area contributed by atoms with Crippen LogP contribution in [-0.4, -0.2) is 39.2 Å². The summed E-state index contributed by atoms with van der Waals surface area (Å²) in [6, 6.07) is 15.2. The number of hydrogen-bond donors (Lipinski definition) is 0. The third-order valence-electron chi connectivity index (χ3n) is 4.85. The van der Waals surface area contributed by atoms with Gasteiger partial charge in [-0.1, -0.05) is 30.0 Å². The molecule has 7 heteroatoms. The number of nitrogens with zero attached hydrogens (tertiary/aromatic N) is 3. The molecule has 1 aliphatic heterocycles. The van der Waals surface area contributed by atoms with E-state index in [0.29, 0.717) is 16.1 Å². The van der Waals surface area contributed by atoms with Crippen LogP contribution in [0.1, 0.15) is 19.3 Å². The molecule has 0 aliphatic carbocycles. The third-order valence-corrected chi connectivity index (χ3v) is 6.44. The summed E-state index contributed by atoms with van der Waals surface area (Å²) in [7, 11) is 0. The van der Waals surface area contributed by atoms with Gasteiger partial charge in [-0.05, 0) is 72.2 Å². The fourth-order valence-electron chi connectivity index (χ4n) is 3.40. The fourth-order valence-corrected chi connectivity index (χ4v) is 4.81. The molecular formula is C21H20IN3O2S. The average Bonchev–Trinajstić information content (AvgIpc) is 2.74. The Morgan fingerprint density at radius 3 is 2.57 bits per heavy atom. The molecule has 144 valence electrons. The highest BCUT2D eigenvalue weighted by Gasteiger charge is 2.19. The van der Waals surface area contributed by atoms with E-state index in [4.69, 9.17) is 4.98 Å². The van der Waals surface area contributed by atoms with E-state index in [1.807, 2.05) is 53.4 Å². The summed E-state index contributed by atoms with van der Waals surface area (Å²) in [6.07, 6.45) is 3.32. The van der Waals surface area contributed by atoms with Gasteiger partial charge in [0.25, 0.3) is 5.56 Å². The minimum Gasteiger partial charge on any atom is -0.342 e. The van der Waals surface area contributed by atoms with Crippen molar-refractivity contribution in [2.45, 2.75) is 24.4 Å². The largest absolute Gasteiger partial charge is 0.342 e. The van der Waals surface area contributed by atoms with Crippen LogP contribution in [0.4, 0.5) is 0 Å². The van der Waals surface area contributed by atoms with Crippen LogP contribution < -0.4 is 5.56 Å². The number of fused-ring (bicyclic) bond motifs is 1. The van der Waals surface area contributed by atoms with Crippen molar-refractivity contribution in [2.75, 3.05) is 18.8 Å². The van der Waals surface area contributed by atoms with Gasteiger partial charge < -0.3 is 4.90 Å². The van der Waals surface area contributed by atoms with Crippen molar-refractivity contribution in [3.8, 4) is 5.69 Å². The smallest absolute Gasteiger partial charge is 0.266 e. The van der Waals surface area contributed by atoms with Crippen LogP contribution in [0.15, 0.2) is 58.5 Å². The Morgan fingerprint density at radius 2 is 1.82 bits per heavy atom. The predicted octanol–water partition coefficient (Wildman–Crippen LogP) is 4.09. The first-order valence-corrected chi connectivity index (χ1v) is 11.4. The Hall–Kier alpha value is -1.87. The maximum atomic E-state index is 13.3. The van der Waals surface area contributed by atoms with E-state index < -0.39 is 0 Å². The van der Waals surface area contributed by atoms with Crippen molar-refractivity contribution in [3.63, 3.8) is 0 Å². The van der Waals surface area contributed by atoms with Gasteiger partial charge in [0.1, 0.15) is 0 Å². The zero-order chi connectivity index (χ0) is 19.5. The summed E-state index contributed by atoms with van der Waals surface area (Å²) in [5.41, 5.74) is 1.31. The molecule has 0 bridgehead atoms. The topological polar surface area (TPSA) is 55.2 Å². The lowest BCUT2D eigenvalue weighted by molar-refractivity contribution is -0.129. The van der Waals surface area contributed by atoms with E-state index in [1.54, 1.807) is 4.57 Å². The minimum absolute atomic E-state index is 0.109. The average molecular weight is 505 g/mol. The van der Waals surface area contributed by atoms with Crippen LogP contribution in [0.25, 0.3) is 16.6 Å². The Kier molecular flexibility index (Phi) is 6.01. The molecule has 0 atom stereocenters. The van der Waals surface area contributed by atoms with Crippen LogP contribution in [-0.2, 0) is 4.79 Å². The zero-order valence-electron chi connectivity index (χ0n) is 15.3. The number of carbonyl (C=O) groups is 1. The highest BCUT2D eigenvalue weighted by molar-refractivity contribution is 14.1. The van der Waals surface area contributed by atoms with Gasteiger partial charge in [-0.2, -0.15) is 0 Å².